The van der Waals surface area contributed by atoms with Gasteiger partial charge in [-0.25, -0.2) is 4.39 Å². The lowest BCUT2D eigenvalue weighted by atomic mass is 10.0. The minimum Gasteiger partial charge on any atom is -0.360 e. The summed E-state index contributed by atoms with van der Waals surface area (Å²) in [6.45, 7) is 2.43. The number of rotatable bonds is 6. The summed E-state index contributed by atoms with van der Waals surface area (Å²) in [7, 11) is 0. The van der Waals surface area contributed by atoms with Gasteiger partial charge in [-0.1, -0.05) is 17.3 Å². The molecule has 0 spiro atoms. The molecule has 1 unspecified atom stereocenters. The zero-order valence-electron chi connectivity index (χ0n) is 14.4. The Balaban J connectivity index is 1.48. The minimum absolute atomic E-state index is 0.00749. The van der Waals surface area contributed by atoms with Gasteiger partial charge in [-0.2, -0.15) is 0 Å². The van der Waals surface area contributed by atoms with Gasteiger partial charge in [0.2, 0.25) is 11.8 Å². The predicted octanol–water partition coefficient (Wildman–Crippen LogP) is 3.16. The van der Waals surface area contributed by atoms with Crippen LogP contribution in [0.25, 0.3) is 0 Å². The number of hydrogen-bond donors (Lipinski definition) is 1. The summed E-state index contributed by atoms with van der Waals surface area (Å²) in [6, 6.07) is 7.90. The van der Waals surface area contributed by atoms with Crippen molar-refractivity contribution >= 4 is 29.4 Å². The van der Waals surface area contributed by atoms with Gasteiger partial charge >= 0.3 is 0 Å². The molecule has 2 amide bonds. The van der Waals surface area contributed by atoms with Gasteiger partial charge in [-0.3, -0.25) is 9.59 Å². The van der Waals surface area contributed by atoms with E-state index in [1.165, 1.54) is 23.9 Å². The number of benzene rings is 1. The molecule has 1 atom stereocenters. The number of aromatic nitrogens is 1. The Bertz CT molecular complexity index is 778. The Morgan fingerprint density at radius 1 is 1.35 bits per heavy atom. The fraction of sp³-hybridized carbons (Fsp3) is 0.389. The van der Waals surface area contributed by atoms with Crippen LogP contribution in [-0.4, -0.2) is 39.9 Å². The van der Waals surface area contributed by atoms with Crippen molar-refractivity contribution in [2.75, 3.05) is 23.4 Å². The largest absolute Gasteiger partial charge is 0.360 e. The van der Waals surface area contributed by atoms with Gasteiger partial charge in [-0.05, 0) is 37.5 Å². The van der Waals surface area contributed by atoms with E-state index in [1.54, 1.807) is 25.1 Å². The number of hydrogen-bond acceptors (Lipinski definition) is 5. The molecule has 1 aliphatic heterocycles. The van der Waals surface area contributed by atoms with Crippen molar-refractivity contribution in [3.8, 4) is 0 Å². The molecule has 26 heavy (non-hydrogen) atoms. The normalized spacial score (nSPS) is 16.7. The molecular weight excluding hydrogens is 357 g/mol. The van der Waals surface area contributed by atoms with Crippen molar-refractivity contribution in [2.24, 2.45) is 0 Å². The second-order valence-electron chi connectivity index (χ2n) is 6.16. The summed E-state index contributed by atoms with van der Waals surface area (Å²) < 4.78 is 18.0. The lowest BCUT2D eigenvalue weighted by molar-refractivity contribution is -0.129. The van der Waals surface area contributed by atoms with Gasteiger partial charge in [0.05, 0.1) is 17.5 Å². The highest BCUT2D eigenvalue weighted by Gasteiger charge is 2.29. The number of halogens is 1. The smallest absolute Gasteiger partial charge is 0.235 e. The van der Waals surface area contributed by atoms with Crippen LogP contribution in [0.15, 0.2) is 34.9 Å². The van der Waals surface area contributed by atoms with Gasteiger partial charge in [-0.15, -0.1) is 11.8 Å². The van der Waals surface area contributed by atoms with E-state index in [-0.39, 0.29) is 35.2 Å². The average Bonchev–Trinajstić information content (AvgIpc) is 3.24. The topological polar surface area (TPSA) is 75.4 Å². The molecule has 0 radical (unpaired) electrons. The summed E-state index contributed by atoms with van der Waals surface area (Å²) in [6.07, 6.45) is 1.79. The first kappa shape index (κ1) is 18.4. The monoisotopic (exact) mass is 377 g/mol. The fourth-order valence-electron chi connectivity index (χ4n) is 3.01. The fourth-order valence-corrected chi connectivity index (χ4v) is 3.71. The maximum Gasteiger partial charge on any atom is 0.235 e. The molecule has 138 valence electrons. The molecule has 1 aliphatic rings. The Kier molecular flexibility index (Phi) is 5.92. The molecule has 3 rings (SSSR count). The number of aryl methyl sites for hydroxylation is 1. The first-order valence-corrected chi connectivity index (χ1v) is 9.54. The lowest BCUT2D eigenvalue weighted by Gasteiger charge is -2.25. The molecule has 2 heterocycles. The molecular formula is C18H20FN3O3S. The Labute approximate surface area is 155 Å². The number of carbonyl (C=O) groups is 2. The predicted molar refractivity (Wildman–Crippen MR) is 97.3 cm³/mol. The highest BCUT2D eigenvalue weighted by Crippen LogP contribution is 2.32. The van der Waals surface area contributed by atoms with E-state index < -0.39 is 0 Å². The van der Waals surface area contributed by atoms with Crippen LogP contribution in [-0.2, 0) is 9.59 Å². The standard InChI is InChI=1S/C18H20FN3O3S/c1-12-9-16(21-25-12)20-17(23)10-26-11-18(24)22-8-2-3-15(22)13-4-6-14(19)7-5-13/h4-7,9,15H,2-3,8,10-11H2,1H3,(H,20,21,23). The SMILES string of the molecule is Cc1cc(NC(=O)CSCC(=O)N2CCCC2c2ccc(F)cc2)no1. The van der Waals surface area contributed by atoms with Crippen molar-refractivity contribution in [2.45, 2.75) is 25.8 Å². The zero-order valence-corrected chi connectivity index (χ0v) is 15.2. The van der Waals surface area contributed by atoms with Crippen molar-refractivity contribution in [3.05, 3.63) is 47.5 Å². The van der Waals surface area contributed by atoms with Crippen molar-refractivity contribution in [3.63, 3.8) is 0 Å². The van der Waals surface area contributed by atoms with Crippen molar-refractivity contribution in [1.82, 2.24) is 10.1 Å². The zero-order chi connectivity index (χ0) is 18.5. The third kappa shape index (κ3) is 4.63. The quantitative estimate of drug-likeness (QED) is 0.837. The Hall–Kier alpha value is -2.35. The summed E-state index contributed by atoms with van der Waals surface area (Å²) in [5, 5.41) is 6.31. The summed E-state index contributed by atoms with van der Waals surface area (Å²) >= 11 is 1.26. The van der Waals surface area contributed by atoms with E-state index in [1.807, 2.05) is 4.90 Å². The summed E-state index contributed by atoms with van der Waals surface area (Å²) in [4.78, 5) is 26.2. The summed E-state index contributed by atoms with van der Waals surface area (Å²) in [5.41, 5.74) is 0.946. The van der Waals surface area contributed by atoms with Crippen molar-refractivity contribution < 1.29 is 18.5 Å². The van der Waals surface area contributed by atoms with E-state index in [2.05, 4.69) is 10.5 Å². The summed E-state index contributed by atoms with van der Waals surface area (Å²) in [5.74, 6) is 0.850. The number of thioether (sulfide) groups is 1. The first-order chi connectivity index (χ1) is 12.5. The van der Waals surface area contributed by atoms with Gasteiger partial charge in [0.1, 0.15) is 11.6 Å². The van der Waals surface area contributed by atoms with Gasteiger partial charge in [0, 0.05) is 12.6 Å². The average molecular weight is 377 g/mol. The van der Waals surface area contributed by atoms with Gasteiger partial charge < -0.3 is 14.7 Å². The second kappa shape index (κ2) is 8.35. The van der Waals surface area contributed by atoms with Gasteiger partial charge in [0.25, 0.3) is 0 Å². The van der Waals surface area contributed by atoms with Crippen LogP contribution in [0.1, 0.15) is 30.2 Å². The number of nitrogens with zero attached hydrogens (tertiary/aromatic N) is 2. The molecule has 8 heteroatoms. The molecule has 6 nitrogen and oxygen atoms in total. The molecule has 1 N–H and O–H groups in total. The van der Waals surface area contributed by atoms with Crippen LogP contribution < -0.4 is 5.32 Å². The third-order valence-corrected chi connectivity index (χ3v) is 5.10. The van der Waals surface area contributed by atoms with Gasteiger partial charge in [0.15, 0.2) is 5.82 Å². The third-order valence-electron chi connectivity index (χ3n) is 4.18. The van der Waals surface area contributed by atoms with E-state index in [4.69, 9.17) is 4.52 Å². The van der Waals surface area contributed by atoms with Crippen LogP contribution in [0.5, 0.6) is 0 Å². The number of amides is 2. The van der Waals surface area contributed by atoms with Crippen molar-refractivity contribution in [1.29, 1.82) is 0 Å². The van der Waals surface area contributed by atoms with E-state index in [9.17, 15) is 14.0 Å². The molecule has 0 aliphatic carbocycles. The highest BCUT2D eigenvalue weighted by molar-refractivity contribution is 8.00. The van der Waals surface area contributed by atoms with E-state index in [0.717, 1.165) is 18.4 Å². The maximum atomic E-state index is 13.1. The molecule has 1 saturated heterocycles. The van der Waals surface area contributed by atoms with Crippen LogP contribution in [0.4, 0.5) is 10.2 Å². The molecule has 1 aromatic heterocycles. The van der Waals surface area contributed by atoms with Crippen LogP contribution in [0, 0.1) is 12.7 Å². The minimum atomic E-state index is -0.284. The van der Waals surface area contributed by atoms with E-state index in [0.29, 0.717) is 18.1 Å². The Morgan fingerprint density at radius 2 is 2.12 bits per heavy atom. The Morgan fingerprint density at radius 3 is 2.81 bits per heavy atom. The van der Waals surface area contributed by atoms with Crippen LogP contribution >= 0.6 is 11.8 Å². The first-order valence-electron chi connectivity index (χ1n) is 8.39. The number of anilines is 1. The second-order valence-corrected chi connectivity index (χ2v) is 7.15. The highest BCUT2D eigenvalue weighted by atomic mass is 32.2. The molecule has 0 saturated carbocycles. The number of likely N-dealkylation sites (tertiary alicyclic amines) is 1. The molecule has 1 fully saturated rings. The number of carbonyl (C=O) groups excluding carboxylic acids is 2. The lowest BCUT2D eigenvalue weighted by Crippen LogP contribution is -2.32. The molecule has 2 aromatic rings. The van der Waals surface area contributed by atoms with Crippen LogP contribution in [0.2, 0.25) is 0 Å². The number of nitrogens with one attached hydrogen (secondary N) is 1. The molecule has 1 aromatic carbocycles. The molecule has 0 bridgehead atoms. The van der Waals surface area contributed by atoms with Crippen LogP contribution in [0.3, 0.4) is 0 Å². The van der Waals surface area contributed by atoms with E-state index >= 15 is 0 Å². The maximum absolute atomic E-state index is 13.1.